The maximum Gasteiger partial charge on any atom is 0.269 e. The van der Waals surface area contributed by atoms with Gasteiger partial charge in [0.25, 0.3) is 5.69 Å². The molecule has 8 nitrogen and oxygen atoms in total. The fourth-order valence-electron chi connectivity index (χ4n) is 1.46. The van der Waals surface area contributed by atoms with Gasteiger partial charge in [-0.2, -0.15) is 0 Å². The number of nitro groups is 1. The summed E-state index contributed by atoms with van der Waals surface area (Å²) >= 11 is 0. The number of nitrogens with one attached hydrogen (secondary N) is 1. The van der Waals surface area contributed by atoms with E-state index >= 15 is 0 Å². The van der Waals surface area contributed by atoms with Gasteiger partial charge in [-0.25, -0.2) is 13.1 Å². The minimum atomic E-state index is -3.95. The molecule has 0 aromatic heterocycles. The first kappa shape index (κ1) is 15.5. The zero-order valence-electron chi connectivity index (χ0n) is 10.1. The van der Waals surface area contributed by atoms with Crippen molar-refractivity contribution < 1.29 is 23.6 Å². The number of aliphatic hydroxyl groups excluding tert-OH is 2. The summed E-state index contributed by atoms with van der Waals surface area (Å²) < 4.78 is 26.0. The van der Waals surface area contributed by atoms with Gasteiger partial charge < -0.3 is 10.2 Å². The van der Waals surface area contributed by atoms with Crippen LogP contribution in [0.1, 0.15) is 5.56 Å². The van der Waals surface area contributed by atoms with Gasteiger partial charge in [-0.3, -0.25) is 10.1 Å². The number of hydrogen-bond acceptors (Lipinski definition) is 6. The quantitative estimate of drug-likeness (QED) is 0.480. The van der Waals surface area contributed by atoms with Crippen molar-refractivity contribution in [2.24, 2.45) is 0 Å². The molecule has 1 aromatic rings. The first-order valence-electron chi connectivity index (χ1n) is 5.31. The van der Waals surface area contributed by atoms with Gasteiger partial charge in [0.05, 0.1) is 29.1 Å². The second-order valence-electron chi connectivity index (χ2n) is 3.89. The van der Waals surface area contributed by atoms with E-state index in [2.05, 4.69) is 4.72 Å². The van der Waals surface area contributed by atoms with E-state index in [9.17, 15) is 18.5 Å². The molecule has 0 amide bonds. The fraction of sp³-hybridized carbons (Fsp3) is 0.400. The van der Waals surface area contributed by atoms with Gasteiger partial charge in [-0.15, -0.1) is 0 Å². The monoisotopic (exact) mass is 290 g/mol. The standard InChI is InChI=1S/C10H14N2O6S/c1-7-4-9(12(15)16)2-3-10(7)19(17,18)11-8(5-13)6-14/h2-4,8,11,13-14H,5-6H2,1H3. The predicted octanol–water partition coefficient (Wildman–Crippen LogP) is -0.465. The first-order chi connectivity index (χ1) is 8.81. The van der Waals surface area contributed by atoms with Crippen LogP contribution in [0.15, 0.2) is 23.1 Å². The number of nitrogens with zero attached hydrogens (tertiary/aromatic N) is 1. The Kier molecular flexibility index (Phi) is 4.95. The number of hydrogen-bond donors (Lipinski definition) is 3. The molecule has 0 bridgehead atoms. The highest BCUT2D eigenvalue weighted by atomic mass is 32.2. The zero-order valence-corrected chi connectivity index (χ0v) is 10.9. The molecular weight excluding hydrogens is 276 g/mol. The molecule has 0 atom stereocenters. The number of rotatable bonds is 6. The average Bonchev–Trinajstić information content (AvgIpc) is 2.35. The number of nitro benzene ring substituents is 1. The molecule has 106 valence electrons. The molecule has 0 spiro atoms. The summed E-state index contributed by atoms with van der Waals surface area (Å²) in [6.45, 7) is 0.317. The van der Waals surface area contributed by atoms with Gasteiger partial charge >= 0.3 is 0 Å². The fourth-order valence-corrected chi connectivity index (χ4v) is 2.91. The van der Waals surface area contributed by atoms with E-state index in [4.69, 9.17) is 10.2 Å². The van der Waals surface area contributed by atoms with Crippen LogP contribution in [0.5, 0.6) is 0 Å². The molecule has 1 rings (SSSR count). The lowest BCUT2D eigenvalue weighted by Gasteiger charge is -2.14. The molecule has 0 heterocycles. The van der Waals surface area contributed by atoms with Crippen molar-refractivity contribution in [1.29, 1.82) is 0 Å². The summed E-state index contributed by atoms with van der Waals surface area (Å²) in [5.41, 5.74) is -0.00588. The van der Waals surface area contributed by atoms with Crippen molar-refractivity contribution in [2.75, 3.05) is 13.2 Å². The van der Waals surface area contributed by atoms with Crippen molar-refractivity contribution in [3.8, 4) is 0 Å². The van der Waals surface area contributed by atoms with Crippen LogP contribution in [-0.2, 0) is 10.0 Å². The van der Waals surface area contributed by atoms with Crippen LogP contribution in [-0.4, -0.2) is 42.8 Å². The van der Waals surface area contributed by atoms with E-state index in [1.807, 2.05) is 0 Å². The number of aryl methyl sites for hydroxylation is 1. The van der Waals surface area contributed by atoms with Crippen molar-refractivity contribution in [2.45, 2.75) is 17.9 Å². The Morgan fingerprint density at radius 1 is 1.37 bits per heavy atom. The third-order valence-electron chi connectivity index (χ3n) is 2.42. The molecule has 0 saturated heterocycles. The number of non-ortho nitro benzene ring substituents is 1. The Bertz CT molecular complexity index is 567. The maximum atomic E-state index is 12.0. The van der Waals surface area contributed by atoms with Crippen molar-refractivity contribution in [3.63, 3.8) is 0 Å². The van der Waals surface area contributed by atoms with E-state index in [1.54, 1.807) is 0 Å². The topological polar surface area (TPSA) is 130 Å². The second kappa shape index (κ2) is 6.06. The summed E-state index contributed by atoms with van der Waals surface area (Å²) in [5, 5.41) is 28.3. The van der Waals surface area contributed by atoms with Crippen molar-refractivity contribution >= 4 is 15.7 Å². The molecule has 0 saturated carbocycles. The molecule has 1 aromatic carbocycles. The lowest BCUT2D eigenvalue weighted by atomic mass is 10.2. The highest BCUT2D eigenvalue weighted by molar-refractivity contribution is 7.89. The van der Waals surface area contributed by atoms with Crippen LogP contribution in [0.25, 0.3) is 0 Å². The summed E-state index contributed by atoms with van der Waals surface area (Å²) in [4.78, 5) is 9.80. The lowest BCUT2D eigenvalue weighted by Crippen LogP contribution is -2.40. The molecule has 9 heteroatoms. The van der Waals surface area contributed by atoms with Gasteiger partial charge in [0.1, 0.15) is 0 Å². The van der Waals surface area contributed by atoms with Gasteiger partial charge in [0.2, 0.25) is 10.0 Å². The molecule has 0 aliphatic carbocycles. The van der Waals surface area contributed by atoms with Crippen molar-refractivity contribution in [3.05, 3.63) is 33.9 Å². The smallest absolute Gasteiger partial charge is 0.269 e. The number of sulfonamides is 1. The van der Waals surface area contributed by atoms with Crippen LogP contribution in [0.4, 0.5) is 5.69 Å². The predicted molar refractivity (Wildman–Crippen MR) is 66.1 cm³/mol. The Labute approximate surface area is 109 Å². The zero-order chi connectivity index (χ0) is 14.6. The summed E-state index contributed by atoms with van der Waals surface area (Å²) in [7, 11) is -3.95. The summed E-state index contributed by atoms with van der Waals surface area (Å²) in [6, 6.07) is 2.32. The molecule has 0 aliphatic heterocycles. The highest BCUT2D eigenvalue weighted by Gasteiger charge is 2.22. The maximum absolute atomic E-state index is 12.0. The van der Waals surface area contributed by atoms with Crippen molar-refractivity contribution in [1.82, 2.24) is 4.72 Å². The van der Waals surface area contributed by atoms with Gasteiger partial charge in [-0.05, 0) is 18.6 Å². The lowest BCUT2D eigenvalue weighted by molar-refractivity contribution is -0.385. The summed E-state index contributed by atoms with van der Waals surface area (Å²) in [6.07, 6.45) is 0. The van der Waals surface area contributed by atoms with E-state index < -0.39 is 34.2 Å². The van der Waals surface area contributed by atoms with Gasteiger partial charge in [-0.1, -0.05) is 0 Å². The Morgan fingerprint density at radius 2 is 1.95 bits per heavy atom. The van der Waals surface area contributed by atoms with Crippen LogP contribution in [0.3, 0.4) is 0 Å². The van der Waals surface area contributed by atoms with Crippen LogP contribution >= 0.6 is 0 Å². The van der Waals surface area contributed by atoms with Crippen LogP contribution in [0.2, 0.25) is 0 Å². The van der Waals surface area contributed by atoms with Crippen LogP contribution in [0, 0.1) is 17.0 Å². The van der Waals surface area contributed by atoms with E-state index in [0.717, 1.165) is 18.2 Å². The Balaban J connectivity index is 3.12. The Morgan fingerprint density at radius 3 is 2.37 bits per heavy atom. The van der Waals surface area contributed by atoms with Gasteiger partial charge in [0.15, 0.2) is 0 Å². The average molecular weight is 290 g/mol. The molecular formula is C10H14N2O6S. The number of benzene rings is 1. The largest absolute Gasteiger partial charge is 0.395 e. The van der Waals surface area contributed by atoms with E-state index in [1.165, 1.54) is 6.92 Å². The number of aliphatic hydroxyl groups is 2. The molecule has 19 heavy (non-hydrogen) atoms. The minimum Gasteiger partial charge on any atom is -0.395 e. The molecule has 3 N–H and O–H groups in total. The third kappa shape index (κ3) is 3.70. The highest BCUT2D eigenvalue weighted by Crippen LogP contribution is 2.21. The molecule has 0 fully saturated rings. The Hall–Kier alpha value is -1.55. The molecule has 0 aliphatic rings. The minimum absolute atomic E-state index is 0.134. The molecule has 0 radical (unpaired) electrons. The summed E-state index contributed by atoms with van der Waals surface area (Å²) in [5.74, 6) is 0. The third-order valence-corrected chi connectivity index (χ3v) is 4.10. The first-order valence-corrected chi connectivity index (χ1v) is 6.79. The van der Waals surface area contributed by atoms with Gasteiger partial charge in [0, 0.05) is 12.1 Å². The second-order valence-corrected chi connectivity index (χ2v) is 5.57. The normalized spacial score (nSPS) is 11.8. The SMILES string of the molecule is Cc1cc([N+](=O)[O-])ccc1S(=O)(=O)NC(CO)CO. The van der Waals surface area contributed by atoms with Crippen LogP contribution < -0.4 is 4.72 Å². The van der Waals surface area contributed by atoms with E-state index in [-0.39, 0.29) is 16.1 Å². The molecule has 0 unspecified atom stereocenters. The van der Waals surface area contributed by atoms with E-state index in [0.29, 0.717) is 0 Å².